The predicted octanol–water partition coefficient (Wildman–Crippen LogP) is -0.907. The number of hydrogen-bond donors (Lipinski definition) is 0. The first-order chi connectivity index (χ1) is 10.5. The minimum absolute atomic E-state index is 0.311. The molecule has 1 aliphatic rings. The van der Waals surface area contributed by atoms with Crippen LogP contribution in [-0.2, 0) is 9.53 Å². The summed E-state index contributed by atoms with van der Waals surface area (Å²) in [6.07, 6.45) is 0. The molecule has 0 atom stereocenters. The van der Waals surface area contributed by atoms with Crippen LogP contribution < -0.4 is 0 Å². The Balaban J connectivity index is 2.90. The van der Waals surface area contributed by atoms with Crippen molar-refractivity contribution in [1.29, 1.82) is 0 Å². The highest BCUT2D eigenvalue weighted by Gasteiger charge is 2.47. The summed E-state index contributed by atoms with van der Waals surface area (Å²) in [7, 11) is 0. The Bertz CT molecular complexity index is 495. The summed E-state index contributed by atoms with van der Waals surface area (Å²) in [5, 5.41) is 31.9. The van der Waals surface area contributed by atoms with E-state index in [4.69, 9.17) is 0 Å². The summed E-state index contributed by atoms with van der Waals surface area (Å²) < 4.78 is 3.18. The number of alkyl halides is 1. The molecule has 0 aromatic heterocycles. The van der Waals surface area contributed by atoms with Crippen molar-refractivity contribution >= 4 is 21.9 Å². The van der Waals surface area contributed by atoms with Crippen LogP contribution in [0.5, 0.6) is 0 Å². The van der Waals surface area contributed by atoms with Crippen molar-refractivity contribution in [2.75, 3.05) is 33.0 Å². The lowest BCUT2D eigenvalue weighted by Crippen LogP contribution is -2.63. The molecule has 1 fully saturated rings. The van der Waals surface area contributed by atoms with E-state index in [1.165, 1.54) is 0 Å². The number of hydrogen-bond acceptors (Lipinski definition) is 8. The van der Waals surface area contributed by atoms with Gasteiger partial charge in [0.2, 0.25) is 13.4 Å². The number of esters is 1. The van der Waals surface area contributed by atoms with E-state index in [0.29, 0.717) is 15.0 Å². The minimum atomic E-state index is -1.35. The molecule has 1 aliphatic heterocycles. The van der Waals surface area contributed by atoms with Crippen molar-refractivity contribution in [3.8, 4) is 0 Å². The highest BCUT2D eigenvalue weighted by Crippen LogP contribution is 2.27. The van der Waals surface area contributed by atoms with Gasteiger partial charge in [0.1, 0.15) is 19.6 Å². The molecule has 0 amide bonds. The summed E-state index contributed by atoms with van der Waals surface area (Å²) in [6.45, 7) is -1.26. The van der Waals surface area contributed by atoms with E-state index in [1.807, 2.05) is 0 Å². The van der Waals surface area contributed by atoms with Gasteiger partial charge in [-0.3, -0.25) is 4.79 Å². The van der Waals surface area contributed by atoms with Crippen LogP contribution in [0.1, 0.15) is 6.92 Å². The smallest absolute Gasteiger partial charge is 0.304 e. The van der Waals surface area contributed by atoms with E-state index in [9.17, 15) is 35.1 Å². The van der Waals surface area contributed by atoms with Gasteiger partial charge in [-0.25, -0.2) is 30.3 Å². The third-order valence-corrected chi connectivity index (χ3v) is 3.59. The molecule has 130 valence electrons. The van der Waals surface area contributed by atoms with Crippen LogP contribution in [0, 0.1) is 30.3 Å². The molecule has 1 saturated heterocycles. The molecule has 1 heterocycles. The first-order valence-corrected chi connectivity index (χ1v) is 6.83. The third kappa shape index (κ3) is 5.35. The Morgan fingerprint density at radius 2 is 1.70 bits per heavy atom. The second-order valence-electron chi connectivity index (χ2n) is 4.76. The first-order valence-electron chi connectivity index (χ1n) is 6.04. The Morgan fingerprint density at radius 1 is 1.22 bits per heavy atom. The highest BCUT2D eigenvalue weighted by molar-refractivity contribution is 9.10. The summed E-state index contributed by atoms with van der Waals surface area (Å²) >= 11 is 3.11. The molecular weight excluding hydrogens is 388 g/mol. The second kappa shape index (κ2) is 7.21. The average Bonchev–Trinajstić information content (AvgIpc) is 2.42. The van der Waals surface area contributed by atoms with E-state index in [1.54, 1.807) is 0 Å². The summed E-state index contributed by atoms with van der Waals surface area (Å²) in [5.74, 6) is -0.747. The van der Waals surface area contributed by atoms with Crippen LogP contribution in [0.2, 0.25) is 0 Å². The Morgan fingerprint density at radius 3 is 2.04 bits per heavy atom. The topological polar surface area (TPSA) is 165 Å². The maximum Gasteiger partial charge on any atom is 0.304 e. The van der Waals surface area contributed by atoms with Crippen LogP contribution in [0.3, 0.4) is 0 Å². The van der Waals surface area contributed by atoms with Gasteiger partial charge in [0.15, 0.2) is 15.1 Å². The number of ether oxygens (including phenoxy) is 1. The van der Waals surface area contributed by atoms with Gasteiger partial charge in [0, 0.05) is 6.92 Å². The fourth-order valence-electron chi connectivity index (χ4n) is 1.95. The molecule has 0 radical (unpaired) electrons. The molecule has 0 aromatic rings. The molecule has 0 unspecified atom stereocenters. The molecule has 14 nitrogen and oxygen atoms in total. The average molecular weight is 401 g/mol. The van der Waals surface area contributed by atoms with Crippen molar-refractivity contribution < 1.29 is 24.6 Å². The number of halogens is 1. The monoisotopic (exact) mass is 400 g/mol. The lowest BCUT2D eigenvalue weighted by Gasteiger charge is -2.37. The Hall–Kier alpha value is -2.45. The van der Waals surface area contributed by atoms with E-state index in [2.05, 4.69) is 20.7 Å². The zero-order valence-electron chi connectivity index (χ0n) is 11.9. The van der Waals surface area contributed by atoms with E-state index in [0.717, 1.165) is 6.92 Å². The van der Waals surface area contributed by atoms with Crippen LogP contribution in [0.15, 0.2) is 0 Å². The number of carbonyl (C=O) groups excluding carboxylic acids is 1. The lowest BCUT2D eigenvalue weighted by atomic mass is 10.1. The lowest BCUT2D eigenvalue weighted by molar-refractivity contribution is -0.721. The Kier molecular flexibility index (Phi) is 5.83. The predicted molar refractivity (Wildman–Crippen MR) is 74.3 cm³/mol. The summed E-state index contributed by atoms with van der Waals surface area (Å²) in [5.41, 5.74) is 0. The molecule has 0 saturated carbocycles. The van der Waals surface area contributed by atoms with Gasteiger partial charge >= 0.3 is 5.97 Å². The van der Waals surface area contributed by atoms with Crippen molar-refractivity contribution in [2.45, 2.75) is 11.2 Å². The van der Waals surface area contributed by atoms with Gasteiger partial charge in [0.25, 0.3) is 0 Å². The van der Waals surface area contributed by atoms with Crippen molar-refractivity contribution in [3.63, 3.8) is 0 Å². The Labute approximate surface area is 137 Å². The van der Waals surface area contributed by atoms with E-state index >= 15 is 0 Å². The fraction of sp³-hybridized carbons (Fsp3) is 0.875. The minimum Gasteiger partial charge on any atom is -0.439 e. The normalized spacial score (nSPS) is 16.6. The number of hydrazine groups is 3. The van der Waals surface area contributed by atoms with Crippen LogP contribution in [-0.4, -0.2) is 73.5 Å². The van der Waals surface area contributed by atoms with Gasteiger partial charge in [-0.2, -0.15) is 0 Å². The largest absolute Gasteiger partial charge is 0.439 e. The maximum atomic E-state index is 11.0. The number of nitrogens with zero attached hydrogens (tertiary/aromatic N) is 6. The summed E-state index contributed by atoms with van der Waals surface area (Å²) in [4.78, 5) is 43.5. The number of nitro groups is 3. The molecule has 0 spiro atoms. The van der Waals surface area contributed by atoms with Crippen LogP contribution in [0.25, 0.3) is 0 Å². The van der Waals surface area contributed by atoms with Crippen molar-refractivity contribution in [1.82, 2.24) is 15.0 Å². The van der Waals surface area contributed by atoms with Gasteiger partial charge < -0.3 is 4.74 Å². The van der Waals surface area contributed by atoms with Gasteiger partial charge in [-0.1, -0.05) is 20.9 Å². The maximum absolute atomic E-state index is 11.0. The van der Waals surface area contributed by atoms with E-state index < -0.39 is 45.3 Å². The third-order valence-electron chi connectivity index (χ3n) is 2.83. The van der Waals surface area contributed by atoms with Crippen LogP contribution in [0.4, 0.5) is 0 Å². The zero-order valence-corrected chi connectivity index (χ0v) is 13.4. The van der Waals surface area contributed by atoms with Crippen molar-refractivity contribution in [3.05, 3.63) is 30.3 Å². The summed E-state index contributed by atoms with van der Waals surface area (Å²) in [6, 6.07) is 0. The molecule has 0 aromatic carbocycles. The van der Waals surface area contributed by atoms with Gasteiger partial charge in [0.05, 0.1) is 4.32 Å². The number of carbonyl (C=O) groups is 1. The zero-order chi connectivity index (χ0) is 17.8. The van der Waals surface area contributed by atoms with Crippen LogP contribution >= 0.6 is 15.9 Å². The quantitative estimate of drug-likeness (QED) is 0.170. The first kappa shape index (κ1) is 18.6. The van der Waals surface area contributed by atoms with Gasteiger partial charge in [-0.05, 0) is 0 Å². The molecule has 15 heteroatoms. The second-order valence-corrected chi connectivity index (χ2v) is 6.45. The molecule has 0 N–H and O–H groups in total. The van der Waals surface area contributed by atoms with E-state index in [-0.39, 0.29) is 13.1 Å². The SMILES string of the molecule is CC(=O)OCN(CC1(Br)CN([N+](=O)[O-])CN([N+](=O)[O-])C1)[N+](=O)[O-]. The highest BCUT2D eigenvalue weighted by atomic mass is 79.9. The molecule has 0 aliphatic carbocycles. The molecule has 0 bridgehead atoms. The van der Waals surface area contributed by atoms with Crippen molar-refractivity contribution in [2.24, 2.45) is 0 Å². The van der Waals surface area contributed by atoms with Gasteiger partial charge in [-0.15, -0.1) is 10.0 Å². The fourth-order valence-corrected chi connectivity index (χ4v) is 2.82. The number of rotatable bonds is 7. The molecular formula is C8H13BrN6O8. The molecule has 23 heavy (non-hydrogen) atoms. The molecule has 1 rings (SSSR count). The standard InChI is InChI=1S/C8H13BrN6O8/c1-7(16)23-6-12(15(21)22)4-8(9)2-10(13(17)18)5-11(3-8)14(19)20/h2-6H2,1H3.